The summed E-state index contributed by atoms with van der Waals surface area (Å²) < 4.78 is 5.86. The molecule has 0 spiro atoms. The first kappa shape index (κ1) is 26.4. The smallest absolute Gasteiger partial charge is 0.340 e. The van der Waals surface area contributed by atoms with Crippen LogP contribution in [0, 0.1) is 11.8 Å². The largest absolute Gasteiger partial charge is 0.456 e. The fourth-order valence-corrected chi connectivity index (χ4v) is 4.21. The number of hydrogen-bond acceptors (Lipinski definition) is 5. The van der Waals surface area contributed by atoms with Gasteiger partial charge in [0.05, 0.1) is 17.2 Å². The molecule has 0 saturated heterocycles. The molecule has 2 N–H and O–H groups in total. The van der Waals surface area contributed by atoms with Crippen molar-refractivity contribution in [1.82, 2.24) is 10.3 Å². The lowest BCUT2D eigenvalue weighted by Crippen LogP contribution is -2.39. The number of aliphatic hydroxyl groups is 1. The van der Waals surface area contributed by atoms with Crippen LogP contribution >= 0.6 is 0 Å². The Bertz CT molecular complexity index is 1100. The van der Waals surface area contributed by atoms with E-state index in [-0.39, 0.29) is 18.2 Å². The molecule has 6 heteroatoms. The molecule has 2 aromatic carbocycles. The van der Waals surface area contributed by atoms with Crippen LogP contribution in [-0.4, -0.2) is 40.7 Å². The maximum atomic E-state index is 13.1. The quantitative estimate of drug-likeness (QED) is 0.362. The molecule has 6 nitrogen and oxygen atoms in total. The lowest BCUT2D eigenvalue weighted by molar-refractivity contribution is -0.127. The molecule has 0 aliphatic rings. The molecule has 1 amide bonds. The zero-order valence-electron chi connectivity index (χ0n) is 20.8. The van der Waals surface area contributed by atoms with Crippen LogP contribution in [0.2, 0.25) is 0 Å². The van der Waals surface area contributed by atoms with Crippen LogP contribution in [0.3, 0.4) is 0 Å². The van der Waals surface area contributed by atoms with Crippen molar-refractivity contribution in [3.8, 4) is 0 Å². The number of carbonyl (C=O) groups is 2. The van der Waals surface area contributed by atoms with Crippen molar-refractivity contribution in [2.75, 3.05) is 6.54 Å². The summed E-state index contributed by atoms with van der Waals surface area (Å²) in [6.07, 6.45) is 1.75. The van der Waals surface area contributed by atoms with Gasteiger partial charge in [-0.3, -0.25) is 9.78 Å². The molecule has 186 valence electrons. The highest BCUT2D eigenvalue weighted by atomic mass is 16.6. The lowest BCUT2D eigenvalue weighted by atomic mass is 9.88. The monoisotopic (exact) mass is 476 g/mol. The summed E-state index contributed by atoms with van der Waals surface area (Å²) >= 11 is 0. The number of rotatable bonds is 12. The van der Waals surface area contributed by atoms with Crippen LogP contribution in [0.1, 0.15) is 56.0 Å². The molecule has 3 aromatic rings. The van der Waals surface area contributed by atoms with Gasteiger partial charge in [0.1, 0.15) is 6.10 Å². The summed E-state index contributed by atoms with van der Waals surface area (Å²) in [4.78, 5) is 30.2. The molecule has 3 rings (SSSR count). The minimum Gasteiger partial charge on any atom is -0.456 e. The number of benzene rings is 2. The van der Waals surface area contributed by atoms with E-state index in [2.05, 4.69) is 24.1 Å². The number of pyridine rings is 1. The van der Waals surface area contributed by atoms with Crippen molar-refractivity contribution in [3.05, 3.63) is 78.0 Å². The Labute approximate surface area is 207 Å². The van der Waals surface area contributed by atoms with E-state index in [0.29, 0.717) is 30.9 Å². The van der Waals surface area contributed by atoms with E-state index in [1.165, 1.54) is 6.20 Å². The average molecular weight is 477 g/mol. The van der Waals surface area contributed by atoms with Crippen LogP contribution in [0.15, 0.2) is 66.9 Å². The van der Waals surface area contributed by atoms with Crippen molar-refractivity contribution in [3.63, 3.8) is 0 Å². The van der Waals surface area contributed by atoms with Crippen LogP contribution in [0.5, 0.6) is 0 Å². The fourth-order valence-electron chi connectivity index (χ4n) is 4.21. The summed E-state index contributed by atoms with van der Waals surface area (Å²) in [5.41, 5.74) is 2.06. The Morgan fingerprint density at radius 2 is 1.74 bits per heavy atom. The van der Waals surface area contributed by atoms with Crippen LogP contribution in [0.25, 0.3) is 10.9 Å². The van der Waals surface area contributed by atoms with Crippen LogP contribution < -0.4 is 5.32 Å². The molecule has 0 bridgehead atoms. The Hall–Kier alpha value is -3.25. The molecular weight excluding hydrogens is 440 g/mol. The van der Waals surface area contributed by atoms with Crippen LogP contribution in [0.4, 0.5) is 0 Å². The number of fused-ring (bicyclic) bond motifs is 1. The number of nitrogens with one attached hydrogen (secondary N) is 1. The number of nitrogens with zero attached hydrogens (tertiary/aromatic N) is 1. The summed E-state index contributed by atoms with van der Waals surface area (Å²) in [6.45, 7) is 6.71. The van der Waals surface area contributed by atoms with Crippen molar-refractivity contribution in [2.24, 2.45) is 11.8 Å². The van der Waals surface area contributed by atoms with E-state index in [4.69, 9.17) is 4.74 Å². The third-order valence-corrected chi connectivity index (χ3v) is 6.00. The van der Waals surface area contributed by atoms with Gasteiger partial charge in [0, 0.05) is 30.5 Å². The molecule has 35 heavy (non-hydrogen) atoms. The maximum absolute atomic E-state index is 13.1. The number of carbonyl (C=O) groups excluding carboxylic acids is 2. The second kappa shape index (κ2) is 13.0. The first-order valence-corrected chi connectivity index (χ1v) is 12.4. The third-order valence-electron chi connectivity index (χ3n) is 6.00. The number of hydrogen-bond donors (Lipinski definition) is 2. The van der Waals surface area contributed by atoms with Gasteiger partial charge in [-0.15, -0.1) is 0 Å². The SMILES string of the molecule is CCCNC(=O)[C@H](CC(C)C)C[C@H](O)[C@H](Cc1ccccc1)OC(=O)c1cnc2ccccc2c1. The van der Waals surface area contributed by atoms with Crippen LogP contribution in [-0.2, 0) is 16.0 Å². The summed E-state index contributed by atoms with van der Waals surface area (Å²) in [6, 6.07) is 18.9. The summed E-state index contributed by atoms with van der Waals surface area (Å²) in [5, 5.41) is 15.0. The zero-order chi connectivity index (χ0) is 25.2. The maximum Gasteiger partial charge on any atom is 0.340 e. The minimum atomic E-state index is -0.997. The highest BCUT2D eigenvalue weighted by molar-refractivity contribution is 5.93. The number of para-hydroxylation sites is 1. The topological polar surface area (TPSA) is 88.5 Å². The molecule has 1 heterocycles. The van der Waals surface area contributed by atoms with Gasteiger partial charge in [0.25, 0.3) is 0 Å². The van der Waals surface area contributed by atoms with Gasteiger partial charge in [0.15, 0.2) is 0 Å². The van der Waals surface area contributed by atoms with Gasteiger partial charge in [0.2, 0.25) is 5.91 Å². The van der Waals surface area contributed by atoms with Crippen molar-refractivity contribution < 1.29 is 19.4 Å². The van der Waals surface area contributed by atoms with Gasteiger partial charge in [-0.25, -0.2) is 4.79 Å². The second-order valence-corrected chi connectivity index (χ2v) is 9.47. The average Bonchev–Trinajstić information content (AvgIpc) is 2.86. The number of esters is 1. The van der Waals surface area contributed by atoms with Gasteiger partial charge < -0.3 is 15.2 Å². The van der Waals surface area contributed by atoms with E-state index < -0.39 is 18.2 Å². The molecule has 0 unspecified atom stereocenters. The number of amides is 1. The molecule has 1 aromatic heterocycles. The van der Waals surface area contributed by atoms with E-state index in [0.717, 1.165) is 22.9 Å². The Balaban J connectivity index is 1.80. The number of ether oxygens (including phenoxy) is 1. The van der Waals surface area contributed by atoms with Gasteiger partial charge in [-0.2, -0.15) is 0 Å². The van der Waals surface area contributed by atoms with E-state index in [1.807, 2.05) is 61.5 Å². The highest BCUT2D eigenvalue weighted by Gasteiger charge is 2.30. The van der Waals surface area contributed by atoms with E-state index >= 15 is 0 Å². The predicted molar refractivity (Wildman–Crippen MR) is 138 cm³/mol. The number of aromatic nitrogens is 1. The predicted octanol–water partition coefficient (Wildman–Crippen LogP) is 4.94. The zero-order valence-corrected chi connectivity index (χ0v) is 20.8. The Kier molecular flexibility index (Phi) is 9.79. The lowest BCUT2D eigenvalue weighted by Gasteiger charge is -2.27. The van der Waals surface area contributed by atoms with Gasteiger partial charge in [-0.05, 0) is 42.9 Å². The first-order chi connectivity index (χ1) is 16.9. The minimum absolute atomic E-state index is 0.0666. The Morgan fingerprint density at radius 1 is 1.03 bits per heavy atom. The Morgan fingerprint density at radius 3 is 2.46 bits per heavy atom. The summed E-state index contributed by atoms with van der Waals surface area (Å²) in [5.74, 6) is -0.684. The number of aliphatic hydroxyl groups excluding tert-OH is 1. The van der Waals surface area contributed by atoms with Crippen molar-refractivity contribution in [1.29, 1.82) is 0 Å². The molecule has 0 aliphatic carbocycles. The van der Waals surface area contributed by atoms with E-state index in [1.54, 1.807) is 6.07 Å². The van der Waals surface area contributed by atoms with Gasteiger partial charge >= 0.3 is 5.97 Å². The van der Waals surface area contributed by atoms with Crippen molar-refractivity contribution >= 4 is 22.8 Å². The first-order valence-electron chi connectivity index (χ1n) is 12.4. The molecular formula is C29H36N2O4. The van der Waals surface area contributed by atoms with Crippen molar-refractivity contribution in [2.45, 2.75) is 58.7 Å². The normalized spacial score (nSPS) is 13.9. The molecule has 0 fully saturated rings. The highest BCUT2D eigenvalue weighted by Crippen LogP contribution is 2.23. The van der Waals surface area contributed by atoms with E-state index in [9.17, 15) is 14.7 Å². The third kappa shape index (κ3) is 7.89. The molecule has 0 radical (unpaired) electrons. The fraction of sp³-hybridized carbons (Fsp3) is 0.414. The summed E-state index contributed by atoms with van der Waals surface area (Å²) in [7, 11) is 0. The molecule has 0 aliphatic heterocycles. The standard InChI is InChI=1S/C29H36N2O4/c1-4-14-30-28(33)23(15-20(2)3)18-26(32)27(16-21-10-6-5-7-11-21)35-29(34)24-17-22-12-8-9-13-25(22)31-19-24/h5-13,17,19-20,23,26-27,32H,4,14-16,18H2,1-3H3,(H,30,33)/t23-,26+,27+/m1/s1. The molecule has 0 saturated carbocycles. The van der Waals surface area contributed by atoms with Gasteiger partial charge in [-0.1, -0.05) is 69.3 Å². The molecule has 3 atom stereocenters. The second-order valence-electron chi connectivity index (χ2n) is 9.47.